The molecule has 0 N–H and O–H groups in total. The Labute approximate surface area is 106 Å². The SMILES string of the molecule is CN1C(C)(C)C2=C(C=CC(C)(C)C=C2)C1(C)C. The van der Waals surface area contributed by atoms with Gasteiger partial charge < -0.3 is 0 Å². The lowest BCUT2D eigenvalue weighted by molar-refractivity contribution is 0.127. The predicted molar refractivity (Wildman–Crippen MR) is 75.0 cm³/mol. The quantitative estimate of drug-likeness (QED) is 0.610. The molecule has 0 amide bonds. The molecule has 0 bridgehead atoms. The molecule has 94 valence electrons. The molecule has 0 saturated carbocycles. The fourth-order valence-electron chi connectivity index (χ4n) is 2.96. The van der Waals surface area contributed by atoms with Crippen LogP contribution in [0.25, 0.3) is 0 Å². The van der Waals surface area contributed by atoms with Gasteiger partial charge in [-0.2, -0.15) is 0 Å². The Kier molecular flexibility index (Phi) is 2.49. The summed E-state index contributed by atoms with van der Waals surface area (Å²) in [5.74, 6) is 0. The highest BCUT2D eigenvalue weighted by molar-refractivity contribution is 5.52. The Morgan fingerprint density at radius 1 is 0.765 bits per heavy atom. The summed E-state index contributed by atoms with van der Waals surface area (Å²) in [6, 6.07) is 0. The zero-order valence-electron chi connectivity index (χ0n) is 12.3. The van der Waals surface area contributed by atoms with E-state index in [-0.39, 0.29) is 16.5 Å². The maximum absolute atomic E-state index is 2.47. The van der Waals surface area contributed by atoms with Crippen molar-refractivity contribution >= 4 is 0 Å². The van der Waals surface area contributed by atoms with Gasteiger partial charge >= 0.3 is 0 Å². The molecule has 1 nitrogen and oxygen atoms in total. The first kappa shape index (κ1) is 12.6. The average molecular weight is 231 g/mol. The van der Waals surface area contributed by atoms with E-state index in [2.05, 4.69) is 77.8 Å². The molecule has 0 aromatic carbocycles. The highest BCUT2D eigenvalue weighted by Crippen LogP contribution is 2.46. The van der Waals surface area contributed by atoms with E-state index < -0.39 is 0 Å². The number of allylic oxidation sites excluding steroid dienone is 2. The smallest absolute Gasteiger partial charge is 0.0413 e. The van der Waals surface area contributed by atoms with Crippen molar-refractivity contribution in [2.24, 2.45) is 5.41 Å². The number of nitrogens with zero attached hydrogens (tertiary/aromatic N) is 1. The predicted octanol–water partition coefficient (Wildman–Crippen LogP) is 3.94. The van der Waals surface area contributed by atoms with Crippen molar-refractivity contribution in [3.8, 4) is 0 Å². The molecule has 0 saturated heterocycles. The number of hydrogen-bond acceptors (Lipinski definition) is 1. The second kappa shape index (κ2) is 3.35. The zero-order chi connectivity index (χ0) is 13.1. The van der Waals surface area contributed by atoms with Gasteiger partial charge in [-0.3, -0.25) is 4.90 Å². The molecular formula is C16H25N. The molecule has 1 aliphatic carbocycles. The molecule has 1 aliphatic heterocycles. The summed E-state index contributed by atoms with van der Waals surface area (Å²) in [5, 5.41) is 0. The normalized spacial score (nSPS) is 29.4. The molecule has 0 spiro atoms. The van der Waals surface area contributed by atoms with Crippen LogP contribution in [-0.4, -0.2) is 23.0 Å². The Bertz CT molecular complexity index is 392. The minimum absolute atomic E-state index is 0.111. The van der Waals surface area contributed by atoms with Gasteiger partial charge in [0.15, 0.2) is 0 Å². The lowest BCUT2D eigenvalue weighted by Crippen LogP contribution is -2.48. The van der Waals surface area contributed by atoms with Gasteiger partial charge in [0, 0.05) is 16.5 Å². The Morgan fingerprint density at radius 3 is 1.47 bits per heavy atom. The van der Waals surface area contributed by atoms with Gasteiger partial charge in [0.25, 0.3) is 0 Å². The molecule has 0 aromatic rings. The molecule has 1 heteroatoms. The van der Waals surface area contributed by atoms with Crippen LogP contribution in [0, 0.1) is 5.41 Å². The number of rotatable bonds is 0. The lowest BCUT2D eigenvalue weighted by atomic mass is 9.90. The highest BCUT2D eigenvalue weighted by atomic mass is 15.2. The van der Waals surface area contributed by atoms with Gasteiger partial charge in [0.1, 0.15) is 0 Å². The third-order valence-corrected chi connectivity index (χ3v) is 4.64. The average Bonchev–Trinajstić information content (AvgIpc) is 2.32. The second-order valence-electron chi connectivity index (χ2n) is 6.99. The summed E-state index contributed by atoms with van der Waals surface area (Å²) in [6.45, 7) is 13.8. The zero-order valence-corrected chi connectivity index (χ0v) is 12.3. The maximum atomic E-state index is 2.47. The van der Waals surface area contributed by atoms with Crippen molar-refractivity contribution in [2.75, 3.05) is 7.05 Å². The molecule has 2 aliphatic rings. The molecule has 0 atom stereocenters. The molecule has 0 fully saturated rings. The van der Waals surface area contributed by atoms with Gasteiger partial charge in [-0.15, -0.1) is 0 Å². The van der Waals surface area contributed by atoms with E-state index in [4.69, 9.17) is 0 Å². The van der Waals surface area contributed by atoms with Crippen LogP contribution in [0.1, 0.15) is 41.5 Å². The maximum Gasteiger partial charge on any atom is 0.0413 e. The van der Waals surface area contributed by atoms with E-state index in [0.717, 1.165) is 0 Å². The Hall–Kier alpha value is -0.820. The van der Waals surface area contributed by atoms with Gasteiger partial charge in [0.05, 0.1) is 0 Å². The number of likely N-dealkylation sites (N-methyl/N-ethyl adjacent to an activating group) is 1. The van der Waals surface area contributed by atoms with E-state index >= 15 is 0 Å². The van der Waals surface area contributed by atoms with Crippen molar-refractivity contribution in [3.05, 3.63) is 35.5 Å². The van der Waals surface area contributed by atoms with Crippen molar-refractivity contribution in [1.82, 2.24) is 4.90 Å². The van der Waals surface area contributed by atoms with Crippen LogP contribution in [0.4, 0.5) is 0 Å². The van der Waals surface area contributed by atoms with Crippen molar-refractivity contribution < 1.29 is 0 Å². The van der Waals surface area contributed by atoms with Crippen LogP contribution in [0.15, 0.2) is 35.5 Å². The first-order valence-electron chi connectivity index (χ1n) is 6.47. The van der Waals surface area contributed by atoms with Gasteiger partial charge in [-0.05, 0) is 45.9 Å². The van der Waals surface area contributed by atoms with Crippen molar-refractivity contribution in [2.45, 2.75) is 52.6 Å². The van der Waals surface area contributed by atoms with Gasteiger partial charge in [0.2, 0.25) is 0 Å². The molecule has 0 aromatic heterocycles. The van der Waals surface area contributed by atoms with E-state index in [9.17, 15) is 0 Å². The highest BCUT2D eigenvalue weighted by Gasteiger charge is 2.47. The Morgan fingerprint density at radius 2 is 1.12 bits per heavy atom. The molecule has 0 radical (unpaired) electrons. The first-order chi connectivity index (χ1) is 7.59. The van der Waals surface area contributed by atoms with E-state index in [1.807, 2.05) is 0 Å². The van der Waals surface area contributed by atoms with Crippen LogP contribution < -0.4 is 0 Å². The third-order valence-electron chi connectivity index (χ3n) is 4.64. The monoisotopic (exact) mass is 231 g/mol. The van der Waals surface area contributed by atoms with Crippen LogP contribution in [0.3, 0.4) is 0 Å². The van der Waals surface area contributed by atoms with Crippen LogP contribution in [-0.2, 0) is 0 Å². The summed E-state index contributed by atoms with van der Waals surface area (Å²) in [4.78, 5) is 2.47. The third kappa shape index (κ3) is 1.72. The van der Waals surface area contributed by atoms with Crippen LogP contribution in [0.5, 0.6) is 0 Å². The minimum Gasteiger partial charge on any atom is -0.288 e. The van der Waals surface area contributed by atoms with E-state index in [1.165, 1.54) is 11.1 Å². The minimum atomic E-state index is 0.111. The summed E-state index contributed by atoms with van der Waals surface area (Å²) in [7, 11) is 2.22. The van der Waals surface area contributed by atoms with Gasteiger partial charge in [-0.25, -0.2) is 0 Å². The molecule has 1 heterocycles. The van der Waals surface area contributed by atoms with Gasteiger partial charge in [-0.1, -0.05) is 38.2 Å². The number of hydrogen-bond donors (Lipinski definition) is 0. The largest absolute Gasteiger partial charge is 0.288 e. The summed E-state index contributed by atoms with van der Waals surface area (Å²) in [5.41, 5.74) is 3.31. The van der Waals surface area contributed by atoms with Crippen LogP contribution in [0.2, 0.25) is 0 Å². The molecule has 17 heavy (non-hydrogen) atoms. The first-order valence-corrected chi connectivity index (χ1v) is 6.47. The summed E-state index contributed by atoms with van der Waals surface area (Å²) >= 11 is 0. The standard InChI is InChI=1S/C16H25N/c1-14(2)10-8-12-13(9-11-14)16(5,6)17(7)15(12,3)4/h8-11H,1-7H3. The van der Waals surface area contributed by atoms with Crippen molar-refractivity contribution in [3.63, 3.8) is 0 Å². The van der Waals surface area contributed by atoms with Crippen LogP contribution >= 0.6 is 0 Å². The fraction of sp³-hybridized carbons (Fsp3) is 0.625. The van der Waals surface area contributed by atoms with E-state index in [0.29, 0.717) is 0 Å². The second-order valence-corrected chi connectivity index (χ2v) is 6.99. The van der Waals surface area contributed by atoms with Crippen molar-refractivity contribution in [1.29, 1.82) is 0 Å². The fourth-order valence-corrected chi connectivity index (χ4v) is 2.96. The summed E-state index contributed by atoms with van der Waals surface area (Å²) < 4.78 is 0. The molecular weight excluding hydrogens is 206 g/mol. The molecule has 0 unspecified atom stereocenters. The van der Waals surface area contributed by atoms with E-state index in [1.54, 1.807) is 0 Å². The lowest BCUT2D eigenvalue weighted by Gasteiger charge is -2.39. The molecule has 2 rings (SSSR count). The topological polar surface area (TPSA) is 3.24 Å². The Balaban J connectivity index is 2.60. The summed E-state index contributed by atoms with van der Waals surface area (Å²) in [6.07, 6.45) is 9.31.